The third kappa shape index (κ3) is 2.60. The van der Waals surface area contributed by atoms with Gasteiger partial charge in [-0.2, -0.15) is 0 Å². The van der Waals surface area contributed by atoms with Crippen LogP contribution in [0.4, 0.5) is 5.69 Å². The van der Waals surface area contributed by atoms with Crippen LogP contribution in [0.3, 0.4) is 0 Å². The molecule has 1 aliphatic rings. The molecule has 1 atom stereocenters. The van der Waals surface area contributed by atoms with Gasteiger partial charge in [-0.15, -0.1) is 0 Å². The minimum absolute atomic E-state index is 0.00175. The number of nitrogens with zero attached hydrogens (tertiary/aromatic N) is 1. The minimum Gasteiger partial charge on any atom is -0.508 e. The Balaban J connectivity index is 2.30. The van der Waals surface area contributed by atoms with E-state index in [1.54, 1.807) is 0 Å². The predicted octanol–water partition coefficient (Wildman–Crippen LogP) is 1.73. The Morgan fingerprint density at radius 2 is 2.11 bits per heavy atom. The van der Waals surface area contributed by atoms with Crippen LogP contribution in [0.1, 0.15) is 24.4 Å². The highest BCUT2D eigenvalue weighted by atomic mass is 16.6. The maximum Gasteiger partial charge on any atom is 0.274 e. The second-order valence-electron chi connectivity index (χ2n) is 4.48. The van der Waals surface area contributed by atoms with Crippen LogP contribution < -0.4 is 5.73 Å². The fraction of sp³-hybridized carbons (Fsp3) is 0.500. The molecule has 0 radical (unpaired) electrons. The molecule has 0 bridgehead atoms. The first-order chi connectivity index (χ1) is 8.59. The van der Waals surface area contributed by atoms with Crippen molar-refractivity contribution < 1.29 is 14.8 Å². The molecular formula is C12H16N2O4. The van der Waals surface area contributed by atoms with Crippen LogP contribution in [0.25, 0.3) is 0 Å². The molecule has 0 aliphatic carbocycles. The number of ether oxygens (including phenoxy) is 1. The van der Waals surface area contributed by atoms with E-state index >= 15 is 0 Å². The van der Waals surface area contributed by atoms with E-state index in [1.807, 2.05) is 0 Å². The summed E-state index contributed by atoms with van der Waals surface area (Å²) in [6, 6.07) is 3.54. The largest absolute Gasteiger partial charge is 0.508 e. The van der Waals surface area contributed by atoms with Gasteiger partial charge in [0.15, 0.2) is 0 Å². The summed E-state index contributed by atoms with van der Waals surface area (Å²) in [6.45, 7) is 1.26. The molecule has 98 valence electrons. The van der Waals surface area contributed by atoms with E-state index in [0.29, 0.717) is 18.8 Å². The summed E-state index contributed by atoms with van der Waals surface area (Å²) in [5, 5.41) is 20.4. The molecular weight excluding hydrogens is 236 g/mol. The molecule has 0 saturated carbocycles. The van der Waals surface area contributed by atoms with E-state index in [1.165, 1.54) is 18.2 Å². The second-order valence-corrected chi connectivity index (χ2v) is 4.48. The Kier molecular flexibility index (Phi) is 3.78. The number of hydrogen-bond acceptors (Lipinski definition) is 5. The van der Waals surface area contributed by atoms with Crippen LogP contribution in [0, 0.1) is 16.0 Å². The molecule has 2 rings (SSSR count). The van der Waals surface area contributed by atoms with Crippen molar-refractivity contribution in [2.75, 3.05) is 13.2 Å². The first-order valence-corrected chi connectivity index (χ1v) is 5.90. The molecule has 1 aromatic rings. The van der Waals surface area contributed by atoms with Crippen molar-refractivity contribution in [1.29, 1.82) is 0 Å². The van der Waals surface area contributed by atoms with E-state index in [4.69, 9.17) is 10.5 Å². The first-order valence-electron chi connectivity index (χ1n) is 5.90. The molecule has 3 N–H and O–H groups in total. The van der Waals surface area contributed by atoms with E-state index in [-0.39, 0.29) is 17.4 Å². The smallest absolute Gasteiger partial charge is 0.274 e. The van der Waals surface area contributed by atoms with Crippen molar-refractivity contribution in [3.05, 3.63) is 33.9 Å². The van der Waals surface area contributed by atoms with Gasteiger partial charge >= 0.3 is 0 Å². The number of nitrogens with two attached hydrogens (primary N) is 1. The molecule has 18 heavy (non-hydrogen) atoms. The van der Waals surface area contributed by atoms with Crippen molar-refractivity contribution in [2.24, 2.45) is 11.7 Å². The highest BCUT2D eigenvalue weighted by Gasteiger charge is 2.28. The van der Waals surface area contributed by atoms with Gasteiger partial charge in [-0.3, -0.25) is 10.1 Å². The van der Waals surface area contributed by atoms with Gasteiger partial charge in [0.2, 0.25) is 0 Å². The van der Waals surface area contributed by atoms with Crippen LogP contribution in [0.15, 0.2) is 18.2 Å². The highest BCUT2D eigenvalue weighted by Crippen LogP contribution is 2.34. The zero-order chi connectivity index (χ0) is 13.1. The Labute approximate surface area is 105 Å². The summed E-state index contributed by atoms with van der Waals surface area (Å²) in [7, 11) is 0. The standard InChI is InChI=1S/C12H16N2O4/c13-12(8-3-5-18-6-4-8)10-7-9(15)1-2-11(10)14(16)17/h1-2,7-8,12,15H,3-6,13H2/t12-/m0/s1. The molecule has 1 aliphatic heterocycles. The lowest BCUT2D eigenvalue weighted by atomic mass is 9.87. The molecule has 0 unspecified atom stereocenters. The van der Waals surface area contributed by atoms with Gasteiger partial charge in [-0.05, 0) is 30.9 Å². The average molecular weight is 252 g/mol. The van der Waals surface area contributed by atoms with Gasteiger partial charge in [0.1, 0.15) is 5.75 Å². The third-order valence-electron chi connectivity index (χ3n) is 3.34. The van der Waals surface area contributed by atoms with Crippen molar-refractivity contribution in [2.45, 2.75) is 18.9 Å². The van der Waals surface area contributed by atoms with Crippen LogP contribution in [-0.2, 0) is 4.74 Å². The van der Waals surface area contributed by atoms with Gasteiger partial charge in [-0.1, -0.05) is 0 Å². The number of rotatable bonds is 3. The zero-order valence-corrected chi connectivity index (χ0v) is 9.91. The minimum atomic E-state index is -0.464. The number of nitro groups is 1. The number of hydrogen-bond donors (Lipinski definition) is 2. The summed E-state index contributed by atoms with van der Waals surface area (Å²) in [6.07, 6.45) is 1.57. The van der Waals surface area contributed by atoms with Gasteiger partial charge in [-0.25, -0.2) is 0 Å². The summed E-state index contributed by atoms with van der Waals surface area (Å²) >= 11 is 0. The summed E-state index contributed by atoms with van der Waals surface area (Å²) in [5.74, 6) is 0.150. The first kappa shape index (κ1) is 12.8. The molecule has 1 aromatic carbocycles. The molecule has 1 saturated heterocycles. The lowest BCUT2D eigenvalue weighted by Crippen LogP contribution is -2.28. The molecule has 1 heterocycles. The second kappa shape index (κ2) is 5.32. The maximum absolute atomic E-state index is 11.0. The molecule has 6 heteroatoms. The Morgan fingerprint density at radius 3 is 2.72 bits per heavy atom. The number of aromatic hydroxyl groups is 1. The van der Waals surface area contributed by atoms with Crippen LogP contribution in [0.2, 0.25) is 0 Å². The van der Waals surface area contributed by atoms with Crippen molar-refractivity contribution in [3.8, 4) is 5.75 Å². The lowest BCUT2D eigenvalue weighted by molar-refractivity contribution is -0.385. The molecule has 1 fully saturated rings. The highest BCUT2D eigenvalue weighted by molar-refractivity contribution is 5.46. The Bertz CT molecular complexity index is 444. The van der Waals surface area contributed by atoms with E-state index < -0.39 is 11.0 Å². The molecule has 0 spiro atoms. The number of phenolic OH excluding ortho intramolecular Hbond substituents is 1. The molecule has 0 amide bonds. The molecule has 0 aromatic heterocycles. The van der Waals surface area contributed by atoms with Crippen molar-refractivity contribution >= 4 is 5.69 Å². The third-order valence-corrected chi connectivity index (χ3v) is 3.34. The number of nitro benzene ring substituents is 1. The zero-order valence-electron chi connectivity index (χ0n) is 9.91. The summed E-state index contributed by atoms with van der Waals surface area (Å²) < 4.78 is 5.25. The quantitative estimate of drug-likeness (QED) is 0.630. The van der Waals surface area contributed by atoms with Gasteiger partial charge < -0.3 is 15.6 Å². The predicted molar refractivity (Wildman–Crippen MR) is 65.2 cm³/mol. The van der Waals surface area contributed by atoms with Gasteiger partial charge in [0.05, 0.1) is 10.5 Å². The summed E-state index contributed by atoms with van der Waals surface area (Å²) in [4.78, 5) is 10.5. The number of benzene rings is 1. The average Bonchev–Trinajstić information content (AvgIpc) is 2.38. The number of phenols is 1. The SMILES string of the molecule is N[C@H](c1cc(O)ccc1[N+](=O)[O-])C1CCOCC1. The molecule has 6 nitrogen and oxygen atoms in total. The lowest BCUT2D eigenvalue weighted by Gasteiger charge is -2.27. The Morgan fingerprint density at radius 1 is 1.44 bits per heavy atom. The normalized spacial score (nSPS) is 18.5. The fourth-order valence-electron chi connectivity index (χ4n) is 2.30. The van der Waals surface area contributed by atoms with Gasteiger partial charge in [0, 0.05) is 25.3 Å². The van der Waals surface area contributed by atoms with Crippen LogP contribution in [0.5, 0.6) is 5.75 Å². The maximum atomic E-state index is 11.0. The van der Waals surface area contributed by atoms with E-state index in [9.17, 15) is 15.2 Å². The van der Waals surface area contributed by atoms with Gasteiger partial charge in [0.25, 0.3) is 5.69 Å². The summed E-state index contributed by atoms with van der Waals surface area (Å²) in [5.41, 5.74) is 6.47. The van der Waals surface area contributed by atoms with Crippen molar-refractivity contribution in [1.82, 2.24) is 0 Å². The topological polar surface area (TPSA) is 98.6 Å². The van der Waals surface area contributed by atoms with E-state index in [2.05, 4.69) is 0 Å². The fourth-order valence-corrected chi connectivity index (χ4v) is 2.30. The van der Waals surface area contributed by atoms with Crippen LogP contribution in [-0.4, -0.2) is 23.2 Å². The van der Waals surface area contributed by atoms with E-state index in [0.717, 1.165) is 12.8 Å². The Hall–Kier alpha value is -1.66. The van der Waals surface area contributed by atoms with Crippen LogP contribution >= 0.6 is 0 Å². The monoisotopic (exact) mass is 252 g/mol. The van der Waals surface area contributed by atoms with Crippen molar-refractivity contribution in [3.63, 3.8) is 0 Å².